The number of ether oxygens (including phenoxy) is 1. The molecule has 0 aliphatic rings. The zero-order chi connectivity index (χ0) is 14.5. The molecule has 5 heteroatoms. The van der Waals surface area contributed by atoms with E-state index in [9.17, 15) is 0 Å². The summed E-state index contributed by atoms with van der Waals surface area (Å²) >= 11 is 1.78. The minimum absolute atomic E-state index is 0. The van der Waals surface area contributed by atoms with Crippen LogP contribution in [0, 0.1) is 0 Å². The van der Waals surface area contributed by atoms with Crippen molar-refractivity contribution < 1.29 is 33.2 Å². The fourth-order valence-corrected chi connectivity index (χ4v) is 2.87. The van der Waals surface area contributed by atoms with E-state index < -0.39 is 0 Å². The summed E-state index contributed by atoms with van der Waals surface area (Å²) in [4.78, 5) is 3.63. The Kier molecular flexibility index (Phi) is 9.50. The lowest BCUT2D eigenvalue weighted by molar-refractivity contribution is -0.927. The van der Waals surface area contributed by atoms with Crippen LogP contribution in [0.1, 0.15) is 31.4 Å². The highest BCUT2D eigenvalue weighted by Crippen LogP contribution is 2.30. The van der Waals surface area contributed by atoms with Crippen LogP contribution >= 0.6 is 11.3 Å². The van der Waals surface area contributed by atoms with Crippen molar-refractivity contribution in [2.75, 3.05) is 41.3 Å². The van der Waals surface area contributed by atoms with E-state index in [1.54, 1.807) is 11.3 Å². The molecule has 0 aliphatic carbocycles. The van der Waals surface area contributed by atoms with Crippen molar-refractivity contribution in [2.24, 2.45) is 0 Å². The first-order valence-electron chi connectivity index (χ1n) is 7.03. The Balaban J connectivity index is 0.00000361. The van der Waals surface area contributed by atoms with Crippen LogP contribution in [0.4, 0.5) is 0 Å². The maximum absolute atomic E-state index is 6.31. The van der Waals surface area contributed by atoms with Crippen LogP contribution in [0.2, 0.25) is 0 Å². The second kappa shape index (κ2) is 9.35. The molecular weight excluding hydrogens is 383 g/mol. The normalized spacial score (nSPS) is 14.9. The molecule has 1 aromatic heterocycles. The number of quaternary nitrogens is 1. The zero-order valence-corrected chi connectivity index (χ0v) is 16.6. The van der Waals surface area contributed by atoms with Gasteiger partial charge in [-0.3, -0.25) is 0 Å². The van der Waals surface area contributed by atoms with Crippen molar-refractivity contribution in [3.63, 3.8) is 0 Å². The van der Waals surface area contributed by atoms with Crippen molar-refractivity contribution in [2.45, 2.75) is 32.6 Å². The predicted molar refractivity (Wildman–Crippen MR) is 83.4 cm³/mol. The van der Waals surface area contributed by atoms with Crippen LogP contribution < -0.4 is 24.0 Å². The van der Waals surface area contributed by atoms with E-state index >= 15 is 0 Å². The molecule has 0 aliphatic heterocycles. The summed E-state index contributed by atoms with van der Waals surface area (Å²) in [6.07, 6.45) is 1.48. The molecule has 0 saturated heterocycles. The van der Waals surface area contributed by atoms with E-state index in [0.717, 1.165) is 24.0 Å². The van der Waals surface area contributed by atoms with Gasteiger partial charge in [0, 0.05) is 6.54 Å². The molecule has 0 bridgehead atoms. The van der Waals surface area contributed by atoms with Crippen molar-refractivity contribution in [3.05, 3.63) is 22.4 Å². The molecule has 0 N–H and O–H groups in total. The van der Waals surface area contributed by atoms with Gasteiger partial charge in [-0.15, -0.1) is 11.3 Å². The van der Waals surface area contributed by atoms with Crippen molar-refractivity contribution in [1.29, 1.82) is 0 Å². The van der Waals surface area contributed by atoms with Crippen LogP contribution in [-0.2, 0) is 4.74 Å². The molecular formula is C15H29IN2OS. The Morgan fingerprint density at radius 2 is 2.00 bits per heavy atom. The standard InChI is InChI=1S/C15H29N2OS.HI/c1-7-16(3)11-10-13(2)18-15(17(4,5)6)14-9-8-12-19-14;/h8-9,12-13,15H,7,10-11H2,1-6H3;1H/q+1;/p-1. The Hall–Kier alpha value is 0.310. The molecule has 118 valence electrons. The highest BCUT2D eigenvalue weighted by atomic mass is 127. The average molecular weight is 412 g/mol. The van der Waals surface area contributed by atoms with Gasteiger partial charge >= 0.3 is 0 Å². The molecule has 0 amide bonds. The number of halogens is 1. The van der Waals surface area contributed by atoms with E-state index in [1.165, 1.54) is 4.88 Å². The summed E-state index contributed by atoms with van der Waals surface area (Å²) in [7, 11) is 8.73. The summed E-state index contributed by atoms with van der Waals surface area (Å²) in [5.74, 6) is 0. The van der Waals surface area contributed by atoms with Gasteiger partial charge in [-0.1, -0.05) is 13.0 Å². The Labute approximate surface area is 145 Å². The Morgan fingerprint density at radius 3 is 2.45 bits per heavy atom. The van der Waals surface area contributed by atoms with E-state index in [-0.39, 0.29) is 36.3 Å². The van der Waals surface area contributed by atoms with E-state index in [0.29, 0.717) is 0 Å². The predicted octanol–water partition coefficient (Wildman–Crippen LogP) is 0.204. The van der Waals surface area contributed by atoms with Gasteiger partial charge in [0.15, 0.2) is 0 Å². The summed E-state index contributed by atoms with van der Waals surface area (Å²) in [5, 5.41) is 2.12. The van der Waals surface area contributed by atoms with Crippen LogP contribution in [0.25, 0.3) is 0 Å². The molecule has 1 aromatic rings. The van der Waals surface area contributed by atoms with Crippen molar-refractivity contribution >= 4 is 11.3 Å². The van der Waals surface area contributed by atoms with Gasteiger partial charge in [0.1, 0.15) is 0 Å². The molecule has 0 spiro atoms. The molecule has 2 atom stereocenters. The van der Waals surface area contributed by atoms with E-state index in [1.807, 2.05) is 0 Å². The van der Waals surface area contributed by atoms with Gasteiger partial charge in [-0.2, -0.15) is 0 Å². The number of nitrogens with zero attached hydrogens (tertiary/aromatic N) is 2. The second-order valence-corrected chi connectivity index (χ2v) is 7.09. The number of hydrogen-bond donors (Lipinski definition) is 0. The van der Waals surface area contributed by atoms with Gasteiger partial charge in [0.25, 0.3) is 0 Å². The zero-order valence-electron chi connectivity index (χ0n) is 13.6. The molecule has 0 radical (unpaired) electrons. The highest BCUT2D eigenvalue weighted by Gasteiger charge is 2.29. The van der Waals surface area contributed by atoms with E-state index in [4.69, 9.17) is 4.74 Å². The average Bonchev–Trinajstić information content (AvgIpc) is 2.84. The van der Waals surface area contributed by atoms with Crippen LogP contribution in [-0.4, -0.2) is 56.8 Å². The highest BCUT2D eigenvalue weighted by molar-refractivity contribution is 7.10. The van der Waals surface area contributed by atoms with Gasteiger partial charge in [-0.25, -0.2) is 0 Å². The first-order valence-corrected chi connectivity index (χ1v) is 7.91. The lowest BCUT2D eigenvalue weighted by atomic mass is 10.2. The molecule has 3 nitrogen and oxygen atoms in total. The maximum Gasteiger partial charge on any atom is 0.229 e. The first kappa shape index (κ1) is 20.3. The topological polar surface area (TPSA) is 12.5 Å². The molecule has 1 rings (SSSR count). The fraction of sp³-hybridized carbons (Fsp3) is 0.733. The van der Waals surface area contributed by atoms with E-state index in [2.05, 4.69) is 64.5 Å². The number of thiophene rings is 1. The molecule has 1 heterocycles. The second-order valence-electron chi connectivity index (χ2n) is 6.12. The minimum atomic E-state index is 0. The first-order chi connectivity index (χ1) is 8.84. The summed E-state index contributed by atoms with van der Waals surface area (Å²) in [6.45, 7) is 6.55. The summed E-state index contributed by atoms with van der Waals surface area (Å²) < 4.78 is 7.11. The van der Waals surface area contributed by atoms with Gasteiger partial charge in [0.2, 0.25) is 6.23 Å². The fourth-order valence-electron chi connectivity index (χ4n) is 1.91. The maximum atomic E-state index is 6.31. The van der Waals surface area contributed by atoms with Crippen LogP contribution in [0.3, 0.4) is 0 Å². The summed E-state index contributed by atoms with van der Waals surface area (Å²) in [6, 6.07) is 4.27. The minimum Gasteiger partial charge on any atom is -1.00 e. The van der Waals surface area contributed by atoms with Crippen molar-refractivity contribution in [1.82, 2.24) is 4.90 Å². The smallest absolute Gasteiger partial charge is 0.229 e. The lowest BCUT2D eigenvalue weighted by Crippen LogP contribution is -3.00. The largest absolute Gasteiger partial charge is 1.00 e. The molecule has 0 aromatic carbocycles. The lowest BCUT2D eigenvalue weighted by Gasteiger charge is -2.35. The summed E-state index contributed by atoms with van der Waals surface area (Å²) in [5.41, 5.74) is 0. The van der Waals surface area contributed by atoms with Crippen molar-refractivity contribution in [3.8, 4) is 0 Å². The SMILES string of the molecule is CCN(C)CCC(C)OC(c1cccs1)[N+](C)(C)C.[I-]. The monoisotopic (exact) mass is 412 g/mol. The number of rotatable bonds is 8. The Morgan fingerprint density at radius 1 is 1.35 bits per heavy atom. The van der Waals surface area contributed by atoms with Gasteiger partial charge in [-0.05, 0) is 38.4 Å². The van der Waals surface area contributed by atoms with Crippen LogP contribution in [0.15, 0.2) is 17.5 Å². The molecule has 2 unspecified atom stereocenters. The Bertz CT molecular complexity index is 351. The van der Waals surface area contributed by atoms with Gasteiger partial charge < -0.3 is 38.1 Å². The molecule has 0 saturated carbocycles. The molecule has 20 heavy (non-hydrogen) atoms. The van der Waals surface area contributed by atoms with Crippen LogP contribution in [0.5, 0.6) is 0 Å². The van der Waals surface area contributed by atoms with Gasteiger partial charge in [0.05, 0.1) is 32.1 Å². The third-order valence-electron chi connectivity index (χ3n) is 3.31. The third kappa shape index (κ3) is 6.85. The molecule has 0 fully saturated rings. The third-order valence-corrected chi connectivity index (χ3v) is 4.21. The quantitative estimate of drug-likeness (QED) is 0.344. The number of hydrogen-bond acceptors (Lipinski definition) is 3.